The fraction of sp³-hybridized carbons (Fsp3) is 0.133. The number of hydrogen-bond donors (Lipinski definition) is 2. The molecule has 0 bridgehead atoms. The highest BCUT2D eigenvalue weighted by Gasteiger charge is 2.11. The van der Waals surface area contributed by atoms with E-state index in [-0.39, 0.29) is 5.75 Å². The van der Waals surface area contributed by atoms with Crippen LogP contribution in [0, 0.1) is 0 Å². The summed E-state index contributed by atoms with van der Waals surface area (Å²) >= 11 is 0. The third-order valence-corrected chi connectivity index (χ3v) is 2.93. The molecule has 0 aromatic heterocycles. The number of amides is 1. The second-order valence-electron chi connectivity index (χ2n) is 4.08. The average molecular weight is 241 g/mol. The Morgan fingerprint density at radius 3 is 2.83 bits per heavy atom. The zero-order chi connectivity index (χ0) is 13.0. The number of benzene rings is 2. The van der Waals surface area contributed by atoms with Gasteiger partial charge in [0, 0.05) is 12.1 Å². The van der Waals surface area contributed by atoms with Crippen molar-refractivity contribution in [2.24, 2.45) is 0 Å². The maximum Gasteiger partial charge on any atom is 0.207 e. The normalized spacial score (nSPS) is 10.2. The summed E-state index contributed by atoms with van der Waals surface area (Å²) in [6.07, 6.45) is 2.99. The first-order valence-corrected chi connectivity index (χ1v) is 5.78. The van der Waals surface area contributed by atoms with E-state index in [1.807, 2.05) is 30.3 Å². The minimum atomic E-state index is 0.239. The van der Waals surface area contributed by atoms with E-state index in [4.69, 9.17) is 0 Å². The number of allylic oxidation sites excluding steroid dienone is 1. The number of nitrogens with one attached hydrogen (secondary N) is 1. The van der Waals surface area contributed by atoms with Gasteiger partial charge >= 0.3 is 0 Å². The van der Waals surface area contributed by atoms with Gasteiger partial charge in [-0.25, -0.2) is 0 Å². The van der Waals surface area contributed by atoms with Crippen LogP contribution in [0.5, 0.6) is 5.75 Å². The van der Waals surface area contributed by atoms with Gasteiger partial charge in [0.2, 0.25) is 6.41 Å². The van der Waals surface area contributed by atoms with Gasteiger partial charge in [0.25, 0.3) is 0 Å². The molecular formula is C15H15NO2. The topological polar surface area (TPSA) is 49.3 Å². The van der Waals surface area contributed by atoms with E-state index < -0.39 is 0 Å². The molecule has 2 aromatic rings. The van der Waals surface area contributed by atoms with Gasteiger partial charge in [0.1, 0.15) is 5.75 Å². The Morgan fingerprint density at radius 2 is 2.11 bits per heavy atom. The van der Waals surface area contributed by atoms with Crippen LogP contribution >= 0.6 is 0 Å². The van der Waals surface area contributed by atoms with Crippen molar-refractivity contribution in [3.63, 3.8) is 0 Å². The monoisotopic (exact) mass is 241 g/mol. The van der Waals surface area contributed by atoms with Crippen molar-refractivity contribution >= 4 is 17.2 Å². The Kier molecular flexibility index (Phi) is 3.63. The summed E-state index contributed by atoms with van der Waals surface area (Å²) in [5, 5.41) is 14.8. The van der Waals surface area contributed by atoms with Crippen LogP contribution in [0.1, 0.15) is 11.1 Å². The van der Waals surface area contributed by atoms with Gasteiger partial charge in [-0.1, -0.05) is 30.3 Å². The first-order chi connectivity index (χ1) is 8.77. The molecule has 1 amide bonds. The molecule has 0 aliphatic rings. The van der Waals surface area contributed by atoms with Crippen LogP contribution in [0.4, 0.5) is 0 Å². The number of carbonyl (C=O) groups excluding carboxylic acids is 1. The highest BCUT2D eigenvalue weighted by Crippen LogP contribution is 2.31. The van der Waals surface area contributed by atoms with Crippen molar-refractivity contribution in [2.45, 2.75) is 13.0 Å². The molecule has 0 aliphatic carbocycles. The lowest BCUT2D eigenvalue weighted by molar-refractivity contribution is -0.109. The smallest absolute Gasteiger partial charge is 0.207 e. The van der Waals surface area contributed by atoms with Gasteiger partial charge in [-0.05, 0) is 28.8 Å². The molecule has 2 aromatic carbocycles. The number of fused-ring (bicyclic) bond motifs is 1. The molecule has 0 saturated carbocycles. The summed E-state index contributed by atoms with van der Waals surface area (Å²) in [6, 6.07) is 9.75. The minimum absolute atomic E-state index is 0.239. The van der Waals surface area contributed by atoms with Gasteiger partial charge in [0.05, 0.1) is 0 Å². The zero-order valence-electron chi connectivity index (χ0n) is 10.0. The van der Waals surface area contributed by atoms with Crippen LogP contribution in [0.3, 0.4) is 0 Å². The van der Waals surface area contributed by atoms with E-state index in [0.717, 1.165) is 21.9 Å². The van der Waals surface area contributed by atoms with Crippen molar-refractivity contribution in [2.75, 3.05) is 0 Å². The predicted molar refractivity (Wildman–Crippen MR) is 72.4 cm³/mol. The fourth-order valence-corrected chi connectivity index (χ4v) is 2.11. The van der Waals surface area contributed by atoms with Crippen LogP contribution in [-0.2, 0) is 17.8 Å². The van der Waals surface area contributed by atoms with Gasteiger partial charge < -0.3 is 10.4 Å². The van der Waals surface area contributed by atoms with Gasteiger partial charge in [-0.3, -0.25) is 4.79 Å². The predicted octanol–water partition coefficient (Wildman–Crippen LogP) is 2.52. The number of phenols is 1. The fourth-order valence-electron chi connectivity index (χ4n) is 2.11. The Bertz CT molecular complexity index is 590. The highest BCUT2D eigenvalue weighted by molar-refractivity contribution is 5.89. The van der Waals surface area contributed by atoms with Crippen molar-refractivity contribution in [1.82, 2.24) is 5.32 Å². The lowest BCUT2D eigenvalue weighted by atomic mass is 9.97. The van der Waals surface area contributed by atoms with Crippen LogP contribution < -0.4 is 5.32 Å². The third kappa shape index (κ3) is 2.20. The van der Waals surface area contributed by atoms with Crippen molar-refractivity contribution in [1.29, 1.82) is 0 Å². The maximum atomic E-state index is 10.4. The Labute approximate surface area is 106 Å². The molecule has 0 spiro atoms. The van der Waals surface area contributed by atoms with E-state index in [1.165, 1.54) is 0 Å². The zero-order valence-corrected chi connectivity index (χ0v) is 10.0. The van der Waals surface area contributed by atoms with Crippen LogP contribution in [0.2, 0.25) is 0 Å². The number of hydrogen-bond acceptors (Lipinski definition) is 2. The van der Waals surface area contributed by atoms with E-state index in [0.29, 0.717) is 19.4 Å². The summed E-state index contributed by atoms with van der Waals surface area (Å²) < 4.78 is 0. The summed E-state index contributed by atoms with van der Waals surface area (Å²) in [7, 11) is 0. The Balaban J connectivity index is 2.64. The van der Waals surface area contributed by atoms with Crippen LogP contribution in [0.15, 0.2) is 43.0 Å². The van der Waals surface area contributed by atoms with E-state index in [9.17, 15) is 9.90 Å². The molecule has 0 atom stereocenters. The number of carbonyl (C=O) groups is 1. The Morgan fingerprint density at radius 1 is 1.33 bits per heavy atom. The molecule has 18 heavy (non-hydrogen) atoms. The molecule has 0 heterocycles. The molecular weight excluding hydrogens is 226 g/mol. The third-order valence-electron chi connectivity index (χ3n) is 2.93. The van der Waals surface area contributed by atoms with Gasteiger partial charge in [-0.2, -0.15) is 0 Å². The standard InChI is InChI=1S/C15H15NO2/c1-2-5-12-8-11-6-3-4-7-13(11)14(15(12)18)9-16-10-17/h2-4,6-8,10,18H,1,5,9H2,(H,16,17). The van der Waals surface area contributed by atoms with Crippen molar-refractivity contribution < 1.29 is 9.90 Å². The lowest BCUT2D eigenvalue weighted by Crippen LogP contribution is -2.10. The van der Waals surface area contributed by atoms with Gasteiger partial charge in [0.15, 0.2) is 0 Å². The molecule has 0 aliphatic heterocycles. The first-order valence-electron chi connectivity index (χ1n) is 5.78. The van der Waals surface area contributed by atoms with E-state index in [1.54, 1.807) is 6.08 Å². The van der Waals surface area contributed by atoms with Gasteiger partial charge in [-0.15, -0.1) is 6.58 Å². The number of aromatic hydroxyl groups is 1. The largest absolute Gasteiger partial charge is 0.507 e. The maximum absolute atomic E-state index is 10.4. The van der Waals surface area contributed by atoms with Crippen LogP contribution in [-0.4, -0.2) is 11.5 Å². The SMILES string of the molecule is C=CCc1cc2ccccc2c(CNC=O)c1O. The molecule has 2 N–H and O–H groups in total. The quantitative estimate of drug-likeness (QED) is 0.624. The number of rotatable bonds is 5. The summed E-state index contributed by atoms with van der Waals surface area (Å²) in [5.74, 6) is 0.239. The summed E-state index contributed by atoms with van der Waals surface area (Å²) in [5.41, 5.74) is 1.57. The molecule has 0 saturated heterocycles. The second kappa shape index (κ2) is 5.36. The molecule has 3 nitrogen and oxygen atoms in total. The first kappa shape index (κ1) is 12.2. The summed E-state index contributed by atoms with van der Waals surface area (Å²) in [6.45, 7) is 4.01. The van der Waals surface area contributed by atoms with Crippen LogP contribution in [0.25, 0.3) is 10.8 Å². The second-order valence-corrected chi connectivity index (χ2v) is 4.08. The average Bonchev–Trinajstić information content (AvgIpc) is 2.39. The highest BCUT2D eigenvalue weighted by atomic mass is 16.3. The van der Waals surface area contributed by atoms with E-state index >= 15 is 0 Å². The number of phenolic OH excluding ortho intramolecular Hbond substituents is 1. The summed E-state index contributed by atoms with van der Waals surface area (Å²) in [4.78, 5) is 10.4. The minimum Gasteiger partial charge on any atom is -0.507 e. The molecule has 92 valence electrons. The Hall–Kier alpha value is -2.29. The molecule has 2 rings (SSSR count). The lowest BCUT2D eigenvalue weighted by Gasteiger charge is -2.12. The van der Waals surface area contributed by atoms with E-state index in [2.05, 4.69) is 11.9 Å². The molecule has 0 radical (unpaired) electrons. The molecule has 0 unspecified atom stereocenters. The van der Waals surface area contributed by atoms with Crippen molar-refractivity contribution in [3.05, 3.63) is 54.1 Å². The molecule has 0 fully saturated rings. The van der Waals surface area contributed by atoms with Crippen molar-refractivity contribution in [3.8, 4) is 5.75 Å². The molecule has 3 heteroatoms.